The molecule has 0 saturated carbocycles. The SMILES string of the molecule is C=C(C)Cn1c(SCC(=O)N2CCCCC2)nc2ccc(Br)cc2c1=O. The Morgan fingerprint density at radius 1 is 1.31 bits per heavy atom. The van der Waals surface area contributed by atoms with Crippen molar-refractivity contribution in [2.24, 2.45) is 0 Å². The van der Waals surface area contributed by atoms with Crippen molar-refractivity contribution in [1.82, 2.24) is 14.5 Å². The van der Waals surface area contributed by atoms with Gasteiger partial charge in [-0.15, -0.1) is 0 Å². The standard InChI is InChI=1S/C19H22BrN3O2S/c1-13(2)11-23-18(25)15-10-14(20)6-7-16(15)21-19(23)26-12-17(24)22-8-4-3-5-9-22/h6-7,10H,1,3-5,8-9,11-12H2,2H3. The first-order valence-electron chi connectivity index (χ1n) is 8.71. The lowest BCUT2D eigenvalue weighted by Gasteiger charge is -2.26. The summed E-state index contributed by atoms with van der Waals surface area (Å²) in [6.07, 6.45) is 3.33. The van der Waals surface area contributed by atoms with Crippen LogP contribution in [-0.2, 0) is 11.3 Å². The molecule has 5 nitrogen and oxygen atoms in total. The van der Waals surface area contributed by atoms with E-state index in [0.717, 1.165) is 36.0 Å². The summed E-state index contributed by atoms with van der Waals surface area (Å²) in [6, 6.07) is 5.47. The van der Waals surface area contributed by atoms with Crippen LogP contribution in [0.3, 0.4) is 0 Å². The average Bonchev–Trinajstić information content (AvgIpc) is 2.63. The lowest BCUT2D eigenvalue weighted by Crippen LogP contribution is -2.37. The maximum atomic E-state index is 12.9. The van der Waals surface area contributed by atoms with Crippen LogP contribution in [0.15, 0.2) is 44.8 Å². The largest absolute Gasteiger partial charge is 0.342 e. The van der Waals surface area contributed by atoms with Crippen molar-refractivity contribution in [3.63, 3.8) is 0 Å². The van der Waals surface area contributed by atoms with Crippen molar-refractivity contribution in [2.75, 3.05) is 18.8 Å². The number of carbonyl (C=O) groups is 1. The fraction of sp³-hybridized carbons (Fsp3) is 0.421. The zero-order valence-electron chi connectivity index (χ0n) is 14.8. The molecule has 7 heteroatoms. The molecule has 1 amide bonds. The topological polar surface area (TPSA) is 55.2 Å². The molecule has 1 aromatic carbocycles. The number of hydrogen-bond acceptors (Lipinski definition) is 4. The fourth-order valence-electron chi connectivity index (χ4n) is 3.05. The summed E-state index contributed by atoms with van der Waals surface area (Å²) < 4.78 is 2.46. The summed E-state index contributed by atoms with van der Waals surface area (Å²) in [5.41, 5.74) is 1.41. The van der Waals surface area contributed by atoms with E-state index in [9.17, 15) is 9.59 Å². The third kappa shape index (κ3) is 4.38. The zero-order valence-corrected chi connectivity index (χ0v) is 17.2. The van der Waals surface area contributed by atoms with Crippen LogP contribution in [0.5, 0.6) is 0 Å². The summed E-state index contributed by atoms with van der Waals surface area (Å²) in [5.74, 6) is 0.409. The Balaban J connectivity index is 1.90. The fourth-order valence-corrected chi connectivity index (χ4v) is 4.32. The van der Waals surface area contributed by atoms with Gasteiger partial charge >= 0.3 is 0 Å². The van der Waals surface area contributed by atoms with Crippen LogP contribution >= 0.6 is 27.7 Å². The molecule has 3 rings (SSSR count). The molecule has 0 unspecified atom stereocenters. The number of thioether (sulfide) groups is 1. The average molecular weight is 436 g/mol. The zero-order chi connectivity index (χ0) is 18.7. The van der Waals surface area contributed by atoms with E-state index in [1.165, 1.54) is 18.2 Å². The van der Waals surface area contributed by atoms with Crippen molar-refractivity contribution in [3.05, 3.63) is 45.2 Å². The highest BCUT2D eigenvalue weighted by Gasteiger charge is 2.19. The van der Waals surface area contributed by atoms with Crippen molar-refractivity contribution in [1.29, 1.82) is 0 Å². The Hall–Kier alpha value is -1.60. The Kier molecular flexibility index (Phi) is 6.19. The Bertz CT molecular complexity index is 904. The van der Waals surface area contributed by atoms with E-state index in [2.05, 4.69) is 27.5 Å². The van der Waals surface area contributed by atoms with Gasteiger partial charge in [-0.25, -0.2) is 4.98 Å². The molecule has 1 aliphatic heterocycles. The maximum absolute atomic E-state index is 12.9. The molecule has 1 aromatic heterocycles. The summed E-state index contributed by atoms with van der Waals surface area (Å²) in [4.78, 5) is 32.0. The molecule has 0 aliphatic carbocycles. The second-order valence-electron chi connectivity index (χ2n) is 6.63. The summed E-state index contributed by atoms with van der Waals surface area (Å²) in [5, 5.41) is 1.13. The van der Waals surface area contributed by atoms with Gasteiger partial charge in [0.2, 0.25) is 5.91 Å². The summed E-state index contributed by atoms with van der Waals surface area (Å²) >= 11 is 4.74. The van der Waals surface area contributed by atoms with E-state index in [-0.39, 0.29) is 11.5 Å². The molecule has 0 radical (unpaired) electrons. The lowest BCUT2D eigenvalue weighted by atomic mass is 10.1. The minimum Gasteiger partial charge on any atom is -0.342 e. The van der Waals surface area contributed by atoms with Crippen LogP contribution in [0.1, 0.15) is 26.2 Å². The van der Waals surface area contributed by atoms with Crippen molar-refractivity contribution in [2.45, 2.75) is 37.9 Å². The number of benzene rings is 1. The van der Waals surface area contributed by atoms with Gasteiger partial charge in [0.05, 0.1) is 16.7 Å². The van der Waals surface area contributed by atoms with E-state index in [4.69, 9.17) is 0 Å². The van der Waals surface area contributed by atoms with E-state index < -0.39 is 0 Å². The van der Waals surface area contributed by atoms with Gasteiger partial charge in [-0.1, -0.05) is 39.8 Å². The first-order chi connectivity index (χ1) is 12.5. The summed E-state index contributed by atoms with van der Waals surface area (Å²) in [6.45, 7) is 7.86. The van der Waals surface area contributed by atoms with E-state index >= 15 is 0 Å². The maximum Gasteiger partial charge on any atom is 0.262 e. The number of halogens is 1. The predicted molar refractivity (Wildman–Crippen MR) is 110 cm³/mol. The number of carbonyl (C=O) groups excluding carboxylic acids is 1. The number of piperidine rings is 1. The molecule has 0 bridgehead atoms. The summed E-state index contributed by atoms with van der Waals surface area (Å²) in [7, 11) is 0. The van der Waals surface area contributed by atoms with E-state index in [0.29, 0.717) is 28.4 Å². The number of aromatic nitrogens is 2. The van der Waals surface area contributed by atoms with Crippen LogP contribution in [-0.4, -0.2) is 39.2 Å². The number of hydrogen-bond donors (Lipinski definition) is 0. The molecule has 1 aliphatic rings. The normalized spacial score (nSPS) is 14.6. The molecular weight excluding hydrogens is 414 g/mol. The van der Waals surface area contributed by atoms with Crippen LogP contribution in [0.25, 0.3) is 10.9 Å². The van der Waals surface area contributed by atoms with Gasteiger partial charge in [-0.2, -0.15) is 0 Å². The minimum absolute atomic E-state index is 0.104. The van der Waals surface area contributed by atoms with Gasteiger partial charge in [0.1, 0.15) is 0 Å². The minimum atomic E-state index is -0.104. The Labute approximate surface area is 165 Å². The van der Waals surface area contributed by atoms with Crippen LogP contribution in [0.4, 0.5) is 0 Å². The van der Waals surface area contributed by atoms with Gasteiger partial charge in [-0.05, 0) is 44.4 Å². The molecule has 1 saturated heterocycles. The molecule has 2 heterocycles. The van der Waals surface area contributed by atoms with Gasteiger partial charge in [-0.3, -0.25) is 14.2 Å². The number of amides is 1. The van der Waals surface area contributed by atoms with Crippen molar-refractivity contribution >= 4 is 44.5 Å². The highest BCUT2D eigenvalue weighted by molar-refractivity contribution is 9.10. The predicted octanol–water partition coefficient (Wildman–Crippen LogP) is 3.84. The van der Waals surface area contributed by atoms with Gasteiger partial charge in [0, 0.05) is 24.1 Å². The van der Waals surface area contributed by atoms with Crippen molar-refractivity contribution in [3.8, 4) is 0 Å². The molecule has 0 atom stereocenters. The highest BCUT2D eigenvalue weighted by atomic mass is 79.9. The monoisotopic (exact) mass is 435 g/mol. The molecule has 138 valence electrons. The molecule has 0 spiro atoms. The first kappa shape index (κ1) is 19.2. The molecule has 26 heavy (non-hydrogen) atoms. The number of nitrogens with zero attached hydrogens (tertiary/aromatic N) is 3. The van der Waals surface area contributed by atoms with Gasteiger partial charge in [0.25, 0.3) is 5.56 Å². The van der Waals surface area contributed by atoms with E-state index in [1.54, 1.807) is 10.6 Å². The number of likely N-dealkylation sites (tertiary alicyclic amines) is 1. The van der Waals surface area contributed by atoms with Crippen LogP contribution in [0, 0.1) is 0 Å². The van der Waals surface area contributed by atoms with Gasteiger partial charge < -0.3 is 4.90 Å². The second-order valence-corrected chi connectivity index (χ2v) is 8.49. The van der Waals surface area contributed by atoms with Crippen LogP contribution in [0.2, 0.25) is 0 Å². The number of fused-ring (bicyclic) bond motifs is 1. The van der Waals surface area contributed by atoms with Gasteiger partial charge in [0.15, 0.2) is 5.16 Å². The third-order valence-corrected chi connectivity index (χ3v) is 5.80. The molecular formula is C19H22BrN3O2S. The first-order valence-corrected chi connectivity index (χ1v) is 10.5. The van der Waals surface area contributed by atoms with E-state index in [1.807, 2.05) is 24.0 Å². The number of allylic oxidation sites excluding steroid dienone is 1. The smallest absolute Gasteiger partial charge is 0.262 e. The van der Waals surface area contributed by atoms with Crippen LogP contribution < -0.4 is 5.56 Å². The van der Waals surface area contributed by atoms with Crippen molar-refractivity contribution < 1.29 is 4.79 Å². The quantitative estimate of drug-likeness (QED) is 0.406. The molecule has 1 fully saturated rings. The third-order valence-electron chi connectivity index (χ3n) is 4.34. The Morgan fingerprint density at radius 2 is 2.04 bits per heavy atom. The highest BCUT2D eigenvalue weighted by Crippen LogP contribution is 2.22. The lowest BCUT2D eigenvalue weighted by molar-refractivity contribution is -0.129. The Morgan fingerprint density at radius 3 is 2.73 bits per heavy atom. The second kappa shape index (κ2) is 8.39. The number of rotatable bonds is 5. The molecule has 0 N–H and O–H groups in total. The molecule has 2 aromatic rings.